The molecule has 2 bridgehead atoms. The molecule has 114 valence electrons. The molecule has 2 unspecified atom stereocenters. The standard InChI is InChI=1S/C15H20N2O3S/c1-11-5-7-15(8-6-11)21(19,20)17-13-3-2-4-14(17)10-12(9-13)16-18/h5-8,13-14,18H,2-4,9-10H2,1H3. The molecule has 0 aliphatic carbocycles. The van der Waals surface area contributed by atoms with E-state index in [1.807, 2.05) is 19.1 Å². The molecule has 0 aromatic heterocycles. The van der Waals surface area contributed by atoms with Gasteiger partial charge in [-0.15, -0.1) is 0 Å². The average molecular weight is 308 g/mol. The van der Waals surface area contributed by atoms with Gasteiger partial charge >= 0.3 is 0 Å². The number of rotatable bonds is 2. The van der Waals surface area contributed by atoms with E-state index in [2.05, 4.69) is 5.16 Å². The average Bonchev–Trinajstić information content (AvgIpc) is 2.46. The fraction of sp³-hybridized carbons (Fsp3) is 0.533. The van der Waals surface area contributed by atoms with Crippen molar-refractivity contribution >= 4 is 15.7 Å². The number of hydrogen-bond donors (Lipinski definition) is 1. The van der Waals surface area contributed by atoms with Crippen molar-refractivity contribution in [1.82, 2.24) is 4.31 Å². The number of oxime groups is 1. The van der Waals surface area contributed by atoms with E-state index in [0.717, 1.165) is 30.5 Å². The predicted molar refractivity (Wildman–Crippen MR) is 80.1 cm³/mol. The molecule has 2 fully saturated rings. The molecule has 1 N–H and O–H groups in total. The first-order chi connectivity index (χ1) is 10.0. The molecule has 0 amide bonds. The lowest BCUT2D eigenvalue weighted by atomic mass is 9.86. The van der Waals surface area contributed by atoms with Crippen LogP contribution in [0.3, 0.4) is 0 Å². The normalized spacial score (nSPS) is 26.6. The zero-order chi connectivity index (χ0) is 15.0. The SMILES string of the molecule is Cc1ccc(S(=O)(=O)N2C3CCCC2CC(=NO)C3)cc1. The van der Waals surface area contributed by atoms with Gasteiger partial charge in [0.1, 0.15) is 0 Å². The number of fused-ring (bicyclic) bond motifs is 2. The van der Waals surface area contributed by atoms with Crippen molar-refractivity contribution in [1.29, 1.82) is 0 Å². The zero-order valence-corrected chi connectivity index (χ0v) is 12.9. The van der Waals surface area contributed by atoms with Gasteiger partial charge in [0.25, 0.3) is 0 Å². The van der Waals surface area contributed by atoms with Crippen molar-refractivity contribution in [3.8, 4) is 0 Å². The second-order valence-electron chi connectivity index (χ2n) is 5.96. The van der Waals surface area contributed by atoms with Crippen LogP contribution in [0.2, 0.25) is 0 Å². The van der Waals surface area contributed by atoms with Gasteiger partial charge < -0.3 is 5.21 Å². The number of benzene rings is 1. The molecule has 2 saturated heterocycles. The van der Waals surface area contributed by atoms with Gasteiger partial charge in [-0.3, -0.25) is 0 Å². The molecule has 1 aromatic carbocycles. The smallest absolute Gasteiger partial charge is 0.243 e. The van der Waals surface area contributed by atoms with Crippen LogP contribution in [0, 0.1) is 6.92 Å². The fourth-order valence-electron chi connectivity index (χ4n) is 3.46. The third kappa shape index (κ3) is 2.58. The van der Waals surface area contributed by atoms with Crippen molar-refractivity contribution in [2.75, 3.05) is 0 Å². The third-order valence-corrected chi connectivity index (χ3v) is 6.49. The maximum atomic E-state index is 12.9. The molecule has 21 heavy (non-hydrogen) atoms. The highest BCUT2D eigenvalue weighted by Gasteiger charge is 2.44. The number of aryl methyl sites for hydroxylation is 1. The quantitative estimate of drug-likeness (QED) is 0.674. The van der Waals surface area contributed by atoms with Crippen molar-refractivity contribution < 1.29 is 13.6 Å². The molecule has 2 aliphatic heterocycles. The largest absolute Gasteiger partial charge is 0.411 e. The van der Waals surface area contributed by atoms with Gasteiger partial charge in [-0.2, -0.15) is 4.31 Å². The maximum Gasteiger partial charge on any atom is 0.243 e. The molecule has 2 aliphatic rings. The summed E-state index contributed by atoms with van der Waals surface area (Å²) in [6.45, 7) is 1.94. The van der Waals surface area contributed by atoms with Crippen LogP contribution in [-0.4, -0.2) is 35.7 Å². The lowest BCUT2D eigenvalue weighted by Gasteiger charge is -2.44. The van der Waals surface area contributed by atoms with Crippen LogP contribution in [-0.2, 0) is 10.0 Å². The topological polar surface area (TPSA) is 70.0 Å². The predicted octanol–water partition coefficient (Wildman–Crippen LogP) is 2.53. The first kappa shape index (κ1) is 14.5. The van der Waals surface area contributed by atoms with Crippen molar-refractivity contribution in [3.05, 3.63) is 29.8 Å². The van der Waals surface area contributed by atoms with Crippen LogP contribution in [0.1, 0.15) is 37.7 Å². The van der Waals surface area contributed by atoms with Gasteiger partial charge in [0.05, 0.1) is 10.6 Å². The Bertz CT molecular complexity index is 636. The Balaban J connectivity index is 1.97. The summed E-state index contributed by atoms with van der Waals surface area (Å²) in [6.07, 6.45) is 3.78. The lowest BCUT2D eigenvalue weighted by molar-refractivity contribution is 0.166. The highest BCUT2D eigenvalue weighted by molar-refractivity contribution is 7.89. The van der Waals surface area contributed by atoms with Crippen LogP contribution < -0.4 is 0 Å². The number of nitrogens with zero attached hydrogens (tertiary/aromatic N) is 2. The van der Waals surface area contributed by atoms with Gasteiger partial charge in [0.15, 0.2) is 0 Å². The minimum atomic E-state index is -3.47. The first-order valence-corrected chi connectivity index (χ1v) is 8.76. The Morgan fingerprint density at radius 1 is 1.14 bits per heavy atom. The Morgan fingerprint density at radius 2 is 1.71 bits per heavy atom. The maximum absolute atomic E-state index is 12.9. The fourth-order valence-corrected chi connectivity index (χ4v) is 5.33. The van der Waals surface area contributed by atoms with E-state index in [9.17, 15) is 8.42 Å². The summed E-state index contributed by atoms with van der Waals surface area (Å²) in [7, 11) is -3.47. The molecule has 0 radical (unpaired) electrons. The van der Waals surface area contributed by atoms with Gasteiger partial charge in [0, 0.05) is 24.9 Å². The van der Waals surface area contributed by atoms with E-state index in [1.54, 1.807) is 16.4 Å². The Hall–Kier alpha value is -1.40. The summed E-state index contributed by atoms with van der Waals surface area (Å²) in [6, 6.07) is 6.86. The van der Waals surface area contributed by atoms with E-state index in [0.29, 0.717) is 17.7 Å². The summed E-state index contributed by atoms with van der Waals surface area (Å²) in [5, 5.41) is 12.3. The minimum Gasteiger partial charge on any atom is -0.411 e. The second kappa shape index (κ2) is 5.42. The summed E-state index contributed by atoms with van der Waals surface area (Å²) in [5.74, 6) is 0. The van der Waals surface area contributed by atoms with E-state index < -0.39 is 10.0 Å². The van der Waals surface area contributed by atoms with Crippen LogP contribution in [0.4, 0.5) is 0 Å². The second-order valence-corrected chi connectivity index (χ2v) is 7.80. The van der Waals surface area contributed by atoms with E-state index >= 15 is 0 Å². The Labute approximate surface area is 125 Å². The van der Waals surface area contributed by atoms with Gasteiger partial charge in [0.2, 0.25) is 10.0 Å². The van der Waals surface area contributed by atoms with Gasteiger partial charge in [-0.25, -0.2) is 8.42 Å². The Kier molecular flexibility index (Phi) is 3.75. The summed E-state index contributed by atoms with van der Waals surface area (Å²) in [5.41, 5.74) is 1.77. The van der Waals surface area contributed by atoms with Crippen LogP contribution in [0.15, 0.2) is 34.3 Å². The number of piperidine rings is 2. The summed E-state index contributed by atoms with van der Waals surface area (Å²) < 4.78 is 27.5. The summed E-state index contributed by atoms with van der Waals surface area (Å²) >= 11 is 0. The first-order valence-electron chi connectivity index (χ1n) is 7.32. The molecular formula is C15H20N2O3S. The number of hydrogen-bond acceptors (Lipinski definition) is 4. The third-order valence-electron chi connectivity index (χ3n) is 4.47. The van der Waals surface area contributed by atoms with Crippen molar-refractivity contribution in [2.45, 2.75) is 56.0 Å². The van der Waals surface area contributed by atoms with Crippen LogP contribution in [0.25, 0.3) is 0 Å². The zero-order valence-electron chi connectivity index (χ0n) is 12.1. The summed E-state index contributed by atoms with van der Waals surface area (Å²) in [4.78, 5) is 0.356. The lowest BCUT2D eigenvalue weighted by Crippen LogP contribution is -2.54. The van der Waals surface area contributed by atoms with Crippen molar-refractivity contribution in [2.24, 2.45) is 5.16 Å². The van der Waals surface area contributed by atoms with Crippen molar-refractivity contribution in [3.63, 3.8) is 0 Å². The van der Waals surface area contributed by atoms with E-state index in [4.69, 9.17) is 5.21 Å². The molecule has 3 rings (SSSR count). The van der Waals surface area contributed by atoms with E-state index in [-0.39, 0.29) is 12.1 Å². The minimum absolute atomic E-state index is 0.0743. The van der Waals surface area contributed by atoms with Gasteiger partial charge in [-0.05, 0) is 31.9 Å². The highest BCUT2D eigenvalue weighted by atomic mass is 32.2. The van der Waals surface area contributed by atoms with Gasteiger partial charge in [-0.1, -0.05) is 29.3 Å². The molecule has 2 atom stereocenters. The van der Waals surface area contributed by atoms with Crippen LogP contribution in [0.5, 0.6) is 0 Å². The monoisotopic (exact) mass is 308 g/mol. The van der Waals surface area contributed by atoms with Crippen LogP contribution >= 0.6 is 0 Å². The molecule has 0 saturated carbocycles. The molecular weight excluding hydrogens is 288 g/mol. The molecule has 6 heteroatoms. The number of sulfonamides is 1. The Morgan fingerprint density at radius 3 is 2.24 bits per heavy atom. The molecule has 2 heterocycles. The highest BCUT2D eigenvalue weighted by Crippen LogP contribution is 2.37. The van der Waals surface area contributed by atoms with E-state index in [1.165, 1.54) is 0 Å². The molecule has 1 aromatic rings. The molecule has 5 nitrogen and oxygen atoms in total. The molecule has 0 spiro atoms.